The van der Waals surface area contributed by atoms with Crippen LogP contribution in [0.25, 0.3) is 0 Å². The second-order valence-corrected chi connectivity index (χ2v) is 4.75. The van der Waals surface area contributed by atoms with Crippen molar-refractivity contribution in [1.29, 1.82) is 0 Å². The minimum Gasteiger partial charge on any atom is -0.480 e. The lowest BCUT2D eigenvalue weighted by Gasteiger charge is -2.23. The molecule has 1 unspecified atom stereocenters. The van der Waals surface area contributed by atoms with Gasteiger partial charge in [0.1, 0.15) is 6.04 Å². The van der Waals surface area contributed by atoms with Gasteiger partial charge in [-0.05, 0) is 26.3 Å². The van der Waals surface area contributed by atoms with Crippen LogP contribution in [0.1, 0.15) is 39.0 Å². The third-order valence-electron chi connectivity index (χ3n) is 2.98. The van der Waals surface area contributed by atoms with E-state index in [1.807, 2.05) is 6.92 Å². The topological polar surface area (TPSA) is 69.6 Å². The zero-order valence-corrected chi connectivity index (χ0v) is 10.6. The fraction of sp³-hybridized carbons (Fsp3) is 0.833. The monoisotopic (exact) mass is 242 g/mol. The van der Waals surface area contributed by atoms with Gasteiger partial charge < -0.3 is 10.4 Å². The summed E-state index contributed by atoms with van der Waals surface area (Å²) in [6, 6.07) is -0.227. The van der Waals surface area contributed by atoms with E-state index in [0.717, 1.165) is 25.7 Å². The number of hydrogen-bond donors (Lipinski definition) is 2. The van der Waals surface area contributed by atoms with Gasteiger partial charge >= 0.3 is 5.97 Å². The van der Waals surface area contributed by atoms with Crippen LogP contribution in [0.5, 0.6) is 0 Å². The van der Waals surface area contributed by atoms with Crippen LogP contribution in [-0.2, 0) is 9.59 Å². The van der Waals surface area contributed by atoms with Crippen LogP contribution in [0.4, 0.5) is 0 Å². The summed E-state index contributed by atoms with van der Waals surface area (Å²) in [5, 5.41) is 12.0. The van der Waals surface area contributed by atoms with E-state index in [1.165, 1.54) is 0 Å². The second-order valence-electron chi connectivity index (χ2n) is 4.75. The summed E-state index contributed by atoms with van der Waals surface area (Å²) in [4.78, 5) is 24.3. The SMILES string of the molecule is CCCCC(C(=O)O)N(C)CC(=O)NC1CC1. The first-order valence-electron chi connectivity index (χ1n) is 6.27. The third-order valence-corrected chi connectivity index (χ3v) is 2.98. The highest BCUT2D eigenvalue weighted by Gasteiger charge is 2.27. The lowest BCUT2D eigenvalue weighted by molar-refractivity contribution is -0.143. The molecular weight excluding hydrogens is 220 g/mol. The molecule has 1 rings (SSSR count). The van der Waals surface area contributed by atoms with Crippen LogP contribution in [0.15, 0.2) is 0 Å². The molecule has 5 nitrogen and oxygen atoms in total. The predicted octanol–water partition coefficient (Wildman–Crippen LogP) is 0.840. The lowest BCUT2D eigenvalue weighted by atomic mass is 10.1. The van der Waals surface area contributed by atoms with E-state index in [2.05, 4.69) is 5.32 Å². The largest absolute Gasteiger partial charge is 0.480 e. The number of carboxylic acid groups (broad SMARTS) is 1. The Morgan fingerprint density at radius 1 is 1.47 bits per heavy atom. The van der Waals surface area contributed by atoms with Crippen molar-refractivity contribution in [2.45, 2.75) is 51.1 Å². The Hall–Kier alpha value is -1.10. The summed E-state index contributed by atoms with van der Waals surface area (Å²) in [6.45, 7) is 2.19. The van der Waals surface area contributed by atoms with E-state index in [1.54, 1.807) is 11.9 Å². The molecule has 2 N–H and O–H groups in total. The van der Waals surface area contributed by atoms with Gasteiger partial charge in [-0.2, -0.15) is 0 Å². The molecule has 0 bridgehead atoms. The molecule has 0 spiro atoms. The van der Waals surface area contributed by atoms with Gasteiger partial charge in [-0.15, -0.1) is 0 Å². The van der Waals surface area contributed by atoms with E-state index < -0.39 is 12.0 Å². The van der Waals surface area contributed by atoms with Crippen LogP contribution in [0.2, 0.25) is 0 Å². The number of amides is 1. The van der Waals surface area contributed by atoms with E-state index in [-0.39, 0.29) is 12.5 Å². The Kier molecular flexibility index (Phi) is 5.41. The van der Waals surface area contributed by atoms with Gasteiger partial charge in [-0.1, -0.05) is 19.8 Å². The number of aliphatic carboxylic acids is 1. The smallest absolute Gasteiger partial charge is 0.320 e. The maximum atomic E-state index is 11.6. The van der Waals surface area contributed by atoms with Crippen molar-refractivity contribution in [3.63, 3.8) is 0 Å². The summed E-state index contributed by atoms with van der Waals surface area (Å²) < 4.78 is 0. The highest BCUT2D eigenvalue weighted by atomic mass is 16.4. The van der Waals surface area contributed by atoms with Crippen molar-refractivity contribution in [2.24, 2.45) is 0 Å². The van der Waals surface area contributed by atoms with Crippen molar-refractivity contribution < 1.29 is 14.7 Å². The molecule has 1 atom stereocenters. The van der Waals surface area contributed by atoms with Gasteiger partial charge in [-0.25, -0.2) is 0 Å². The number of carboxylic acids is 1. The number of hydrogen-bond acceptors (Lipinski definition) is 3. The summed E-state index contributed by atoms with van der Waals surface area (Å²) in [5.74, 6) is -0.919. The molecule has 0 aliphatic heterocycles. The predicted molar refractivity (Wildman–Crippen MR) is 64.7 cm³/mol. The minimum atomic E-state index is -0.847. The zero-order chi connectivity index (χ0) is 12.8. The number of carbonyl (C=O) groups is 2. The van der Waals surface area contributed by atoms with Gasteiger partial charge in [0.2, 0.25) is 5.91 Å². The quantitative estimate of drug-likeness (QED) is 0.662. The Morgan fingerprint density at radius 3 is 2.59 bits per heavy atom. The second kappa shape index (κ2) is 6.59. The third kappa shape index (κ3) is 5.17. The van der Waals surface area contributed by atoms with Crippen LogP contribution < -0.4 is 5.32 Å². The van der Waals surface area contributed by atoms with Gasteiger partial charge in [0.05, 0.1) is 6.54 Å². The lowest BCUT2D eigenvalue weighted by Crippen LogP contribution is -2.44. The minimum absolute atomic E-state index is 0.0715. The van der Waals surface area contributed by atoms with Gasteiger partial charge in [0.25, 0.3) is 0 Å². The molecule has 5 heteroatoms. The molecule has 98 valence electrons. The van der Waals surface area contributed by atoms with Crippen molar-refractivity contribution in [2.75, 3.05) is 13.6 Å². The van der Waals surface area contributed by atoms with Crippen molar-refractivity contribution >= 4 is 11.9 Å². The summed E-state index contributed by atoms with van der Waals surface area (Å²) in [5.41, 5.74) is 0. The van der Waals surface area contributed by atoms with E-state index in [9.17, 15) is 9.59 Å². The van der Waals surface area contributed by atoms with Crippen molar-refractivity contribution in [3.8, 4) is 0 Å². The van der Waals surface area contributed by atoms with E-state index in [4.69, 9.17) is 5.11 Å². The maximum absolute atomic E-state index is 11.6. The van der Waals surface area contributed by atoms with Crippen LogP contribution >= 0.6 is 0 Å². The van der Waals surface area contributed by atoms with Crippen LogP contribution in [0, 0.1) is 0 Å². The fourth-order valence-corrected chi connectivity index (χ4v) is 1.77. The zero-order valence-electron chi connectivity index (χ0n) is 10.6. The first kappa shape index (κ1) is 14.0. The molecule has 0 saturated heterocycles. The molecule has 1 aliphatic carbocycles. The average molecular weight is 242 g/mol. The average Bonchev–Trinajstić information content (AvgIpc) is 3.01. The fourth-order valence-electron chi connectivity index (χ4n) is 1.77. The highest BCUT2D eigenvalue weighted by Crippen LogP contribution is 2.18. The number of rotatable bonds is 8. The van der Waals surface area contributed by atoms with Crippen LogP contribution in [0.3, 0.4) is 0 Å². The summed E-state index contributed by atoms with van der Waals surface area (Å²) in [6.07, 6.45) is 4.53. The standard InChI is InChI=1S/C12H22N2O3/c1-3-4-5-10(12(16)17)14(2)8-11(15)13-9-6-7-9/h9-10H,3-8H2,1-2H3,(H,13,15)(H,16,17). The highest BCUT2D eigenvalue weighted by molar-refractivity contribution is 5.80. The number of carbonyl (C=O) groups excluding carboxylic acids is 1. The normalized spacial score (nSPS) is 16.9. The van der Waals surface area contributed by atoms with E-state index >= 15 is 0 Å². The molecule has 0 aromatic carbocycles. The Bertz CT molecular complexity index is 277. The van der Waals surface area contributed by atoms with Crippen LogP contribution in [-0.4, -0.2) is 47.6 Å². The molecule has 0 aromatic heterocycles. The molecule has 0 heterocycles. The molecule has 1 aliphatic rings. The number of nitrogens with one attached hydrogen (secondary N) is 1. The Labute approximate surface area is 102 Å². The molecule has 1 fully saturated rings. The molecule has 17 heavy (non-hydrogen) atoms. The molecule has 1 amide bonds. The molecule has 1 saturated carbocycles. The molecule has 0 aromatic rings. The summed E-state index contributed by atoms with van der Waals surface area (Å²) in [7, 11) is 1.70. The van der Waals surface area contributed by atoms with Crippen molar-refractivity contribution in [1.82, 2.24) is 10.2 Å². The molecular formula is C12H22N2O3. The number of unbranched alkanes of at least 4 members (excludes halogenated alkanes) is 1. The first-order valence-corrected chi connectivity index (χ1v) is 6.27. The van der Waals surface area contributed by atoms with Crippen molar-refractivity contribution in [3.05, 3.63) is 0 Å². The Balaban J connectivity index is 2.36. The van der Waals surface area contributed by atoms with E-state index in [0.29, 0.717) is 12.5 Å². The molecule has 0 radical (unpaired) electrons. The first-order chi connectivity index (χ1) is 8.04. The maximum Gasteiger partial charge on any atom is 0.320 e. The number of nitrogens with zero attached hydrogens (tertiary/aromatic N) is 1. The van der Waals surface area contributed by atoms with Gasteiger partial charge in [0.15, 0.2) is 0 Å². The Morgan fingerprint density at radius 2 is 2.12 bits per heavy atom. The summed E-state index contributed by atoms with van der Waals surface area (Å²) >= 11 is 0. The number of likely N-dealkylation sites (N-methyl/N-ethyl adjacent to an activating group) is 1. The van der Waals surface area contributed by atoms with Gasteiger partial charge in [-0.3, -0.25) is 14.5 Å². The van der Waals surface area contributed by atoms with Gasteiger partial charge in [0, 0.05) is 6.04 Å².